The molecule has 1 N–H and O–H groups in total. The molecule has 1 aliphatic heterocycles. The van der Waals surface area contributed by atoms with Crippen molar-refractivity contribution in [1.29, 1.82) is 0 Å². The highest BCUT2D eigenvalue weighted by Crippen LogP contribution is 2.20. The first-order valence-corrected chi connectivity index (χ1v) is 8.61. The van der Waals surface area contributed by atoms with Gasteiger partial charge in [0.25, 0.3) is 0 Å². The summed E-state index contributed by atoms with van der Waals surface area (Å²) in [6, 6.07) is 11.0. The molecule has 0 bridgehead atoms. The molecule has 1 atom stereocenters. The number of benzene rings is 1. The Morgan fingerprint density at radius 1 is 1.31 bits per heavy atom. The van der Waals surface area contributed by atoms with Gasteiger partial charge in [0, 0.05) is 38.6 Å². The van der Waals surface area contributed by atoms with Crippen LogP contribution in [-0.2, 0) is 0 Å². The highest BCUT2D eigenvalue weighted by atomic mass is 16.5. The van der Waals surface area contributed by atoms with E-state index in [0.717, 1.165) is 18.0 Å². The van der Waals surface area contributed by atoms with Crippen molar-refractivity contribution < 1.29 is 14.3 Å². The van der Waals surface area contributed by atoms with Crippen molar-refractivity contribution in [2.24, 2.45) is 0 Å². The minimum Gasteiger partial charge on any atom is -0.497 e. The summed E-state index contributed by atoms with van der Waals surface area (Å²) in [6.07, 6.45) is 3.38. The van der Waals surface area contributed by atoms with Gasteiger partial charge in [-0.3, -0.25) is 9.88 Å². The van der Waals surface area contributed by atoms with E-state index in [-0.39, 0.29) is 12.1 Å². The number of carbonyl (C=O) groups excluding carboxylic acids is 1. The number of rotatable bonds is 5. The van der Waals surface area contributed by atoms with Gasteiger partial charge in [0.2, 0.25) is 0 Å². The average Bonchev–Trinajstić information content (AvgIpc) is 2.72. The van der Waals surface area contributed by atoms with Crippen molar-refractivity contribution in [1.82, 2.24) is 15.2 Å². The molecule has 1 unspecified atom stereocenters. The fraction of sp³-hybridized carbons (Fsp3) is 0.368. The molecule has 2 amide bonds. The van der Waals surface area contributed by atoms with Crippen LogP contribution in [0.5, 0.6) is 11.5 Å². The molecule has 1 fully saturated rings. The quantitative estimate of drug-likeness (QED) is 0.888. The van der Waals surface area contributed by atoms with Crippen molar-refractivity contribution in [3.63, 3.8) is 0 Å². The smallest absolute Gasteiger partial charge is 0.324 e. The Kier molecular flexibility index (Phi) is 5.91. The zero-order valence-corrected chi connectivity index (χ0v) is 15.1. The van der Waals surface area contributed by atoms with Crippen LogP contribution in [-0.4, -0.2) is 62.4 Å². The maximum atomic E-state index is 13.0. The Morgan fingerprint density at radius 3 is 2.81 bits per heavy atom. The summed E-state index contributed by atoms with van der Waals surface area (Å²) < 4.78 is 11.0. The predicted molar refractivity (Wildman–Crippen MR) is 99.9 cm³/mol. The Labute approximate surface area is 153 Å². The molecule has 138 valence electrons. The van der Waals surface area contributed by atoms with E-state index < -0.39 is 0 Å². The van der Waals surface area contributed by atoms with Gasteiger partial charge in [-0.2, -0.15) is 0 Å². The highest BCUT2D eigenvalue weighted by Gasteiger charge is 2.29. The van der Waals surface area contributed by atoms with Gasteiger partial charge >= 0.3 is 6.03 Å². The van der Waals surface area contributed by atoms with Gasteiger partial charge in [-0.15, -0.1) is 0 Å². The van der Waals surface area contributed by atoms with Crippen LogP contribution >= 0.6 is 0 Å². The largest absolute Gasteiger partial charge is 0.497 e. The number of carbonyl (C=O) groups is 1. The molecule has 0 saturated carbocycles. The lowest BCUT2D eigenvalue weighted by Gasteiger charge is -2.38. The number of pyridine rings is 1. The number of urea groups is 1. The number of anilines is 1. The molecule has 1 saturated heterocycles. The zero-order chi connectivity index (χ0) is 18.4. The molecule has 7 nitrogen and oxygen atoms in total. The number of nitrogens with zero attached hydrogens (tertiary/aromatic N) is 3. The molecule has 1 aromatic carbocycles. The summed E-state index contributed by atoms with van der Waals surface area (Å²) in [5.41, 5.74) is 0.821. The van der Waals surface area contributed by atoms with Crippen molar-refractivity contribution >= 4 is 11.7 Å². The van der Waals surface area contributed by atoms with Crippen LogP contribution in [0.4, 0.5) is 10.5 Å². The van der Waals surface area contributed by atoms with E-state index in [1.807, 2.05) is 41.3 Å². The number of hydrogen-bond acceptors (Lipinski definition) is 5. The van der Waals surface area contributed by atoms with E-state index >= 15 is 0 Å². The first kappa shape index (κ1) is 18.0. The molecule has 1 aromatic heterocycles. The number of piperazine rings is 1. The second-order valence-corrected chi connectivity index (χ2v) is 6.09. The third-order valence-electron chi connectivity index (χ3n) is 4.42. The summed E-state index contributed by atoms with van der Waals surface area (Å²) in [6.45, 7) is 2.52. The highest BCUT2D eigenvalue weighted by molar-refractivity contribution is 5.91. The van der Waals surface area contributed by atoms with E-state index in [0.29, 0.717) is 25.4 Å². The Hall–Kier alpha value is -2.80. The second-order valence-electron chi connectivity index (χ2n) is 6.09. The number of amides is 2. The van der Waals surface area contributed by atoms with Crippen LogP contribution < -0.4 is 19.7 Å². The van der Waals surface area contributed by atoms with Gasteiger partial charge in [0.1, 0.15) is 18.1 Å². The van der Waals surface area contributed by atoms with Crippen molar-refractivity contribution in [2.75, 3.05) is 45.3 Å². The Morgan fingerprint density at radius 2 is 2.12 bits per heavy atom. The van der Waals surface area contributed by atoms with E-state index in [4.69, 9.17) is 9.47 Å². The maximum Gasteiger partial charge on any atom is 0.324 e. The normalized spacial score (nSPS) is 16.8. The predicted octanol–water partition coefficient (Wildman–Crippen LogP) is 2.00. The summed E-state index contributed by atoms with van der Waals surface area (Å²) in [5, 5.41) is 3.33. The van der Waals surface area contributed by atoms with Gasteiger partial charge in [-0.05, 0) is 36.4 Å². The van der Waals surface area contributed by atoms with Crippen LogP contribution in [0.15, 0.2) is 48.8 Å². The van der Waals surface area contributed by atoms with Gasteiger partial charge < -0.3 is 19.7 Å². The second kappa shape index (κ2) is 8.53. The molecule has 3 rings (SSSR count). The van der Waals surface area contributed by atoms with Gasteiger partial charge in [0.05, 0.1) is 19.3 Å². The SMILES string of the molecule is COc1ccc(N(C)C(=O)N2CCNCC2COc2cccnc2)cc1. The summed E-state index contributed by atoms with van der Waals surface area (Å²) in [4.78, 5) is 20.6. The first-order valence-electron chi connectivity index (χ1n) is 8.61. The molecule has 2 heterocycles. The first-order chi connectivity index (χ1) is 12.7. The number of hydrogen-bond donors (Lipinski definition) is 1. The van der Waals surface area contributed by atoms with Crippen LogP contribution in [0, 0.1) is 0 Å². The topological polar surface area (TPSA) is 66.9 Å². The molecule has 0 radical (unpaired) electrons. The van der Waals surface area contributed by atoms with Crippen molar-refractivity contribution in [3.05, 3.63) is 48.8 Å². The Bertz CT molecular complexity index is 708. The molecule has 7 heteroatoms. The minimum atomic E-state index is -0.0450. The molecule has 0 spiro atoms. The molecular weight excluding hydrogens is 332 g/mol. The number of methoxy groups -OCH3 is 1. The monoisotopic (exact) mass is 356 g/mol. The fourth-order valence-electron chi connectivity index (χ4n) is 2.90. The van der Waals surface area contributed by atoms with Crippen LogP contribution in [0.25, 0.3) is 0 Å². The van der Waals surface area contributed by atoms with E-state index in [2.05, 4.69) is 10.3 Å². The summed E-state index contributed by atoms with van der Waals surface area (Å²) in [5.74, 6) is 1.47. The number of ether oxygens (including phenoxy) is 2. The van der Waals surface area contributed by atoms with E-state index in [1.165, 1.54) is 0 Å². The molecule has 0 aliphatic carbocycles. The van der Waals surface area contributed by atoms with Gasteiger partial charge in [-0.1, -0.05) is 0 Å². The van der Waals surface area contributed by atoms with Crippen LogP contribution in [0.3, 0.4) is 0 Å². The van der Waals surface area contributed by atoms with Crippen LogP contribution in [0.2, 0.25) is 0 Å². The van der Waals surface area contributed by atoms with Crippen molar-refractivity contribution in [2.45, 2.75) is 6.04 Å². The third-order valence-corrected chi connectivity index (χ3v) is 4.42. The lowest BCUT2D eigenvalue weighted by atomic mass is 10.2. The molecular formula is C19H24N4O3. The van der Waals surface area contributed by atoms with Gasteiger partial charge in [0.15, 0.2) is 0 Å². The van der Waals surface area contributed by atoms with E-state index in [1.54, 1.807) is 31.5 Å². The molecule has 1 aliphatic rings. The Balaban J connectivity index is 1.66. The zero-order valence-electron chi connectivity index (χ0n) is 15.1. The molecule has 26 heavy (non-hydrogen) atoms. The number of aromatic nitrogens is 1. The maximum absolute atomic E-state index is 13.0. The summed E-state index contributed by atoms with van der Waals surface area (Å²) in [7, 11) is 3.41. The lowest BCUT2D eigenvalue weighted by molar-refractivity contribution is 0.129. The summed E-state index contributed by atoms with van der Waals surface area (Å²) >= 11 is 0. The standard InChI is InChI=1S/C19H24N4O3/c1-22(15-5-7-17(25-2)8-6-15)19(24)23-11-10-21-12-16(23)14-26-18-4-3-9-20-13-18/h3-9,13,16,21H,10-12,14H2,1-2H3. The third kappa shape index (κ3) is 4.23. The molecule has 2 aromatic rings. The fourth-order valence-corrected chi connectivity index (χ4v) is 2.90. The van der Waals surface area contributed by atoms with E-state index in [9.17, 15) is 4.79 Å². The van der Waals surface area contributed by atoms with Crippen molar-refractivity contribution in [3.8, 4) is 11.5 Å². The number of nitrogens with one attached hydrogen (secondary N) is 1. The average molecular weight is 356 g/mol. The lowest BCUT2D eigenvalue weighted by Crippen LogP contribution is -2.58. The minimum absolute atomic E-state index is 0.0443. The van der Waals surface area contributed by atoms with Gasteiger partial charge in [-0.25, -0.2) is 4.79 Å². The van der Waals surface area contributed by atoms with Crippen LogP contribution in [0.1, 0.15) is 0 Å².